The Labute approximate surface area is 154 Å². The highest BCUT2D eigenvalue weighted by atomic mass is 19.1. The lowest BCUT2D eigenvalue weighted by Crippen LogP contribution is -2.17. The number of rotatable bonds is 5. The predicted molar refractivity (Wildman–Crippen MR) is 97.1 cm³/mol. The van der Waals surface area contributed by atoms with Crippen molar-refractivity contribution in [2.45, 2.75) is 0 Å². The van der Waals surface area contributed by atoms with Crippen molar-refractivity contribution in [2.75, 3.05) is 0 Å². The Morgan fingerprint density at radius 3 is 2.41 bits per heavy atom. The van der Waals surface area contributed by atoms with Crippen LogP contribution in [0.4, 0.5) is 4.39 Å². The van der Waals surface area contributed by atoms with Crippen LogP contribution in [-0.2, 0) is 0 Å². The topological polar surface area (TPSA) is 80.6 Å². The maximum Gasteiger partial charge on any atom is 0.346 e. The van der Waals surface area contributed by atoms with Gasteiger partial charge >= 0.3 is 5.97 Å². The van der Waals surface area contributed by atoms with Crippen LogP contribution < -0.4 is 10.2 Å². The number of aromatic nitrogens is 1. The van der Waals surface area contributed by atoms with Gasteiger partial charge in [0.15, 0.2) is 0 Å². The summed E-state index contributed by atoms with van der Waals surface area (Å²) in [5.74, 6) is -1.51. The van der Waals surface area contributed by atoms with Gasteiger partial charge in [-0.25, -0.2) is 14.6 Å². The van der Waals surface area contributed by atoms with E-state index in [0.29, 0.717) is 11.1 Å². The molecule has 3 rings (SSSR count). The SMILES string of the molecule is O=C(N/N=C/c1ccc(OC(=O)c2ccccc2F)cc1)c1ccncc1. The number of benzene rings is 2. The summed E-state index contributed by atoms with van der Waals surface area (Å²) in [7, 11) is 0. The van der Waals surface area contributed by atoms with Crippen molar-refractivity contribution in [3.8, 4) is 5.75 Å². The van der Waals surface area contributed by atoms with E-state index < -0.39 is 11.8 Å². The van der Waals surface area contributed by atoms with Crippen LogP contribution in [0.5, 0.6) is 5.75 Å². The molecule has 0 unspecified atom stereocenters. The first-order chi connectivity index (χ1) is 13.1. The number of hydrazone groups is 1. The molecule has 27 heavy (non-hydrogen) atoms. The van der Waals surface area contributed by atoms with Crippen molar-refractivity contribution in [1.29, 1.82) is 0 Å². The third-order valence-corrected chi connectivity index (χ3v) is 3.51. The van der Waals surface area contributed by atoms with Crippen LogP contribution in [0.25, 0.3) is 0 Å². The van der Waals surface area contributed by atoms with Gasteiger partial charge in [-0.3, -0.25) is 9.78 Å². The van der Waals surface area contributed by atoms with Crippen molar-refractivity contribution >= 4 is 18.1 Å². The summed E-state index contributed by atoms with van der Waals surface area (Å²) >= 11 is 0. The predicted octanol–water partition coefficient (Wildman–Crippen LogP) is 3.20. The molecule has 0 atom stereocenters. The molecule has 0 fully saturated rings. The molecule has 0 aliphatic carbocycles. The molecule has 3 aromatic rings. The summed E-state index contributed by atoms with van der Waals surface area (Å²) in [6, 6.07) is 15.1. The molecule has 6 nitrogen and oxygen atoms in total. The van der Waals surface area contributed by atoms with Crippen molar-refractivity contribution in [2.24, 2.45) is 5.10 Å². The van der Waals surface area contributed by atoms with Crippen LogP contribution in [0, 0.1) is 5.82 Å². The average molecular weight is 363 g/mol. The Hall–Kier alpha value is -3.87. The number of amides is 1. The van der Waals surface area contributed by atoms with E-state index in [4.69, 9.17) is 4.74 Å². The molecular formula is C20H14FN3O3. The number of halogens is 1. The quantitative estimate of drug-likeness (QED) is 0.327. The summed E-state index contributed by atoms with van der Waals surface area (Å²) in [6.45, 7) is 0. The Morgan fingerprint density at radius 1 is 1.00 bits per heavy atom. The third-order valence-electron chi connectivity index (χ3n) is 3.51. The second kappa shape index (κ2) is 8.48. The first-order valence-electron chi connectivity index (χ1n) is 7.94. The standard InChI is InChI=1S/C20H14FN3O3/c21-18-4-2-1-3-17(18)20(26)27-16-7-5-14(6-8-16)13-23-24-19(25)15-9-11-22-12-10-15/h1-13H,(H,24,25)/b23-13+. The van der Waals surface area contributed by atoms with Crippen molar-refractivity contribution in [3.05, 3.63) is 95.6 Å². The zero-order valence-corrected chi connectivity index (χ0v) is 14.0. The molecule has 1 aromatic heterocycles. The van der Waals surface area contributed by atoms with Gasteiger partial charge in [0, 0.05) is 18.0 Å². The van der Waals surface area contributed by atoms with Gasteiger partial charge in [-0.2, -0.15) is 5.10 Å². The fourth-order valence-electron chi connectivity index (χ4n) is 2.14. The first-order valence-corrected chi connectivity index (χ1v) is 7.94. The van der Waals surface area contributed by atoms with E-state index in [1.54, 1.807) is 42.5 Å². The number of nitrogens with one attached hydrogen (secondary N) is 1. The Bertz CT molecular complexity index is 973. The van der Waals surface area contributed by atoms with E-state index in [2.05, 4.69) is 15.5 Å². The smallest absolute Gasteiger partial charge is 0.346 e. The summed E-state index contributed by atoms with van der Waals surface area (Å²) < 4.78 is 18.7. The largest absolute Gasteiger partial charge is 0.423 e. The fraction of sp³-hybridized carbons (Fsp3) is 0. The van der Waals surface area contributed by atoms with Gasteiger partial charge in [-0.05, 0) is 54.1 Å². The number of carbonyl (C=O) groups is 2. The van der Waals surface area contributed by atoms with Crippen LogP contribution >= 0.6 is 0 Å². The van der Waals surface area contributed by atoms with Crippen molar-refractivity contribution < 1.29 is 18.7 Å². The van der Waals surface area contributed by atoms with Gasteiger partial charge in [0.25, 0.3) is 5.91 Å². The van der Waals surface area contributed by atoms with Crippen molar-refractivity contribution in [1.82, 2.24) is 10.4 Å². The van der Waals surface area contributed by atoms with Crippen LogP contribution in [-0.4, -0.2) is 23.1 Å². The molecule has 0 saturated carbocycles. The van der Waals surface area contributed by atoms with E-state index in [1.165, 1.54) is 36.8 Å². The van der Waals surface area contributed by atoms with Crippen LogP contribution in [0.15, 0.2) is 78.2 Å². The zero-order valence-electron chi connectivity index (χ0n) is 14.0. The molecule has 0 saturated heterocycles. The fourth-order valence-corrected chi connectivity index (χ4v) is 2.14. The minimum absolute atomic E-state index is 0.137. The van der Waals surface area contributed by atoms with Gasteiger partial charge in [0.1, 0.15) is 11.6 Å². The summed E-state index contributed by atoms with van der Waals surface area (Å²) in [5, 5.41) is 3.87. The Kier molecular flexibility index (Phi) is 5.64. The average Bonchev–Trinajstić information content (AvgIpc) is 2.70. The molecule has 0 aliphatic heterocycles. The summed E-state index contributed by atoms with van der Waals surface area (Å²) in [4.78, 5) is 27.6. The molecule has 0 spiro atoms. The van der Waals surface area contributed by atoms with E-state index in [9.17, 15) is 14.0 Å². The van der Waals surface area contributed by atoms with Gasteiger partial charge in [0.05, 0.1) is 11.8 Å². The van der Waals surface area contributed by atoms with Gasteiger partial charge in [0.2, 0.25) is 0 Å². The van der Waals surface area contributed by atoms with Crippen LogP contribution in [0.2, 0.25) is 0 Å². The molecule has 1 amide bonds. The van der Waals surface area contributed by atoms with Gasteiger partial charge < -0.3 is 4.74 Å². The molecule has 7 heteroatoms. The lowest BCUT2D eigenvalue weighted by Gasteiger charge is -2.05. The van der Waals surface area contributed by atoms with Crippen LogP contribution in [0.3, 0.4) is 0 Å². The number of esters is 1. The van der Waals surface area contributed by atoms with E-state index >= 15 is 0 Å². The molecule has 134 valence electrons. The second-order valence-corrected chi connectivity index (χ2v) is 5.37. The van der Waals surface area contributed by atoms with Crippen LogP contribution in [0.1, 0.15) is 26.3 Å². The molecule has 2 aromatic carbocycles. The molecule has 0 aliphatic rings. The number of hydrogen-bond acceptors (Lipinski definition) is 5. The monoisotopic (exact) mass is 363 g/mol. The Balaban J connectivity index is 1.58. The molecule has 1 N–H and O–H groups in total. The normalized spacial score (nSPS) is 10.6. The highest BCUT2D eigenvalue weighted by Gasteiger charge is 2.13. The van der Waals surface area contributed by atoms with Gasteiger partial charge in [-0.1, -0.05) is 12.1 Å². The molecule has 1 heterocycles. The number of hydrogen-bond donors (Lipinski definition) is 1. The molecular weight excluding hydrogens is 349 g/mol. The lowest BCUT2D eigenvalue weighted by atomic mass is 10.2. The maximum atomic E-state index is 13.6. The summed E-state index contributed by atoms with van der Waals surface area (Å²) in [6.07, 6.45) is 4.47. The minimum atomic E-state index is -0.779. The zero-order chi connectivity index (χ0) is 19.1. The van der Waals surface area contributed by atoms with E-state index in [0.717, 1.165) is 0 Å². The highest BCUT2D eigenvalue weighted by Crippen LogP contribution is 2.15. The Morgan fingerprint density at radius 2 is 1.70 bits per heavy atom. The highest BCUT2D eigenvalue weighted by molar-refractivity contribution is 5.94. The molecule has 0 radical (unpaired) electrons. The summed E-state index contributed by atoms with van der Waals surface area (Å²) in [5.41, 5.74) is 3.38. The first kappa shape index (κ1) is 17.9. The number of pyridine rings is 1. The number of ether oxygens (including phenoxy) is 1. The number of nitrogens with zero attached hydrogens (tertiary/aromatic N) is 2. The van der Waals surface area contributed by atoms with E-state index in [1.807, 2.05) is 0 Å². The van der Waals surface area contributed by atoms with Crippen molar-refractivity contribution in [3.63, 3.8) is 0 Å². The third kappa shape index (κ3) is 4.82. The minimum Gasteiger partial charge on any atom is -0.423 e. The maximum absolute atomic E-state index is 13.6. The second-order valence-electron chi connectivity index (χ2n) is 5.37. The van der Waals surface area contributed by atoms with Gasteiger partial charge in [-0.15, -0.1) is 0 Å². The molecule has 0 bridgehead atoms. The number of carbonyl (C=O) groups excluding carboxylic acids is 2. The lowest BCUT2D eigenvalue weighted by molar-refractivity contribution is 0.0729. The van der Waals surface area contributed by atoms with E-state index in [-0.39, 0.29) is 17.2 Å².